The van der Waals surface area contributed by atoms with E-state index in [9.17, 15) is 22.8 Å². The molecule has 1 aliphatic heterocycles. The molecule has 2 aromatic rings. The number of nitrogens with one attached hydrogen (secondary N) is 1. The molecule has 0 bridgehead atoms. The summed E-state index contributed by atoms with van der Waals surface area (Å²) < 4.78 is 43.5. The van der Waals surface area contributed by atoms with Crippen molar-refractivity contribution in [2.24, 2.45) is 0 Å². The number of likely N-dealkylation sites (tertiary alicyclic amines) is 1. The number of nitrogens with zero attached hydrogens (tertiary/aromatic N) is 4. The van der Waals surface area contributed by atoms with Crippen molar-refractivity contribution in [1.29, 1.82) is 0 Å². The average molecular weight is 369 g/mol. The predicted octanol–water partition coefficient (Wildman–Crippen LogP) is 1.26. The van der Waals surface area contributed by atoms with Crippen LogP contribution in [0.25, 0.3) is 0 Å². The number of carbonyl (C=O) groups excluding carboxylic acids is 1. The van der Waals surface area contributed by atoms with Crippen LogP contribution in [0.3, 0.4) is 0 Å². The molecule has 1 atom stereocenters. The Morgan fingerprint density at radius 2 is 2.12 bits per heavy atom. The molecule has 26 heavy (non-hydrogen) atoms. The van der Waals surface area contributed by atoms with E-state index in [-0.39, 0.29) is 18.2 Å². The van der Waals surface area contributed by atoms with Gasteiger partial charge in [-0.15, -0.1) is 0 Å². The van der Waals surface area contributed by atoms with E-state index in [2.05, 4.69) is 20.2 Å². The van der Waals surface area contributed by atoms with Crippen LogP contribution >= 0.6 is 0 Å². The van der Waals surface area contributed by atoms with Crippen LogP contribution in [0.4, 0.5) is 13.2 Å². The number of carbonyl (C=O) groups is 1. The van der Waals surface area contributed by atoms with Crippen LogP contribution in [0.2, 0.25) is 0 Å². The van der Waals surface area contributed by atoms with Crippen molar-refractivity contribution in [2.45, 2.75) is 25.1 Å². The summed E-state index contributed by atoms with van der Waals surface area (Å²) in [6, 6.07) is 2.86. The third kappa shape index (κ3) is 4.16. The van der Waals surface area contributed by atoms with Gasteiger partial charge in [0, 0.05) is 18.8 Å². The lowest BCUT2D eigenvalue weighted by atomic mass is 10.1. The summed E-state index contributed by atoms with van der Waals surface area (Å²) in [5.41, 5.74) is -1.45. The Balaban J connectivity index is 1.68. The highest BCUT2D eigenvalue weighted by molar-refractivity contribution is 5.92. The quantitative estimate of drug-likeness (QED) is 0.874. The fraction of sp³-hybridized carbons (Fsp3) is 0.400. The van der Waals surface area contributed by atoms with Crippen LogP contribution in [-0.4, -0.2) is 50.2 Å². The van der Waals surface area contributed by atoms with Gasteiger partial charge in [-0.05, 0) is 25.0 Å². The third-order valence-corrected chi connectivity index (χ3v) is 3.76. The van der Waals surface area contributed by atoms with E-state index in [1.165, 1.54) is 17.0 Å². The molecule has 0 spiro atoms. The van der Waals surface area contributed by atoms with E-state index in [0.29, 0.717) is 19.4 Å². The minimum atomic E-state index is -4.59. The zero-order valence-electron chi connectivity index (χ0n) is 13.4. The second-order valence-corrected chi connectivity index (χ2v) is 5.66. The number of piperidine rings is 1. The van der Waals surface area contributed by atoms with Crippen LogP contribution < -0.4 is 10.3 Å². The molecule has 1 aliphatic rings. The molecule has 3 rings (SSSR count). The Labute approximate surface area is 145 Å². The summed E-state index contributed by atoms with van der Waals surface area (Å²) in [5.74, 6) is -0.403. The molecule has 8 nitrogen and oxygen atoms in total. The van der Waals surface area contributed by atoms with Crippen molar-refractivity contribution in [2.75, 3.05) is 13.1 Å². The van der Waals surface area contributed by atoms with Crippen LogP contribution in [0.1, 0.15) is 29.0 Å². The van der Waals surface area contributed by atoms with Crippen molar-refractivity contribution in [3.63, 3.8) is 0 Å². The van der Waals surface area contributed by atoms with E-state index >= 15 is 0 Å². The number of aromatic nitrogens is 4. The van der Waals surface area contributed by atoms with Gasteiger partial charge in [0.25, 0.3) is 11.5 Å². The van der Waals surface area contributed by atoms with Crippen LogP contribution in [0.5, 0.6) is 6.01 Å². The minimum absolute atomic E-state index is 0.0700. The first-order valence-electron chi connectivity index (χ1n) is 7.75. The number of rotatable bonds is 3. The lowest BCUT2D eigenvalue weighted by Gasteiger charge is -2.32. The molecule has 0 radical (unpaired) electrons. The first-order valence-corrected chi connectivity index (χ1v) is 7.75. The summed E-state index contributed by atoms with van der Waals surface area (Å²) in [7, 11) is 0. The Bertz CT molecular complexity index is 834. The number of hydrogen-bond acceptors (Lipinski definition) is 6. The first-order chi connectivity index (χ1) is 12.3. The summed E-state index contributed by atoms with van der Waals surface area (Å²) in [4.78, 5) is 31.9. The summed E-state index contributed by atoms with van der Waals surface area (Å²) in [6.07, 6.45) is -3.02. The predicted molar refractivity (Wildman–Crippen MR) is 81.4 cm³/mol. The van der Waals surface area contributed by atoms with Crippen LogP contribution in [-0.2, 0) is 6.18 Å². The number of ether oxygens (including phenoxy) is 1. The molecule has 1 amide bonds. The number of halogens is 3. The van der Waals surface area contributed by atoms with E-state index < -0.39 is 29.4 Å². The normalized spacial score (nSPS) is 17.8. The molecule has 1 saturated heterocycles. The van der Waals surface area contributed by atoms with Crippen molar-refractivity contribution in [3.8, 4) is 6.01 Å². The molecular weight excluding hydrogens is 355 g/mol. The number of hydrogen-bond donors (Lipinski definition) is 1. The molecule has 11 heteroatoms. The SMILES string of the molecule is O=C(c1ccc(=O)[nH]n1)N1CCCC(Oc2nccc(C(F)(F)F)n2)C1. The van der Waals surface area contributed by atoms with Gasteiger partial charge in [0.2, 0.25) is 0 Å². The number of H-pyrrole nitrogens is 1. The maximum atomic E-state index is 12.7. The number of amides is 1. The smallest absolute Gasteiger partial charge is 0.433 e. The second-order valence-electron chi connectivity index (χ2n) is 5.66. The summed E-state index contributed by atoms with van der Waals surface area (Å²) in [6.45, 7) is 0.599. The van der Waals surface area contributed by atoms with E-state index in [1.54, 1.807) is 0 Å². The largest absolute Gasteiger partial charge is 0.458 e. The third-order valence-electron chi connectivity index (χ3n) is 3.76. The Morgan fingerprint density at radius 3 is 2.81 bits per heavy atom. The number of aromatic amines is 1. The lowest BCUT2D eigenvalue weighted by Crippen LogP contribution is -2.45. The zero-order chi connectivity index (χ0) is 18.7. The number of alkyl halides is 3. The highest BCUT2D eigenvalue weighted by Gasteiger charge is 2.33. The molecule has 1 N–H and O–H groups in total. The van der Waals surface area contributed by atoms with E-state index in [4.69, 9.17) is 4.74 Å². The van der Waals surface area contributed by atoms with Crippen molar-refractivity contribution >= 4 is 5.91 Å². The van der Waals surface area contributed by atoms with Gasteiger partial charge in [0.05, 0.1) is 6.54 Å². The fourth-order valence-corrected chi connectivity index (χ4v) is 2.55. The van der Waals surface area contributed by atoms with Gasteiger partial charge < -0.3 is 9.64 Å². The fourth-order valence-electron chi connectivity index (χ4n) is 2.55. The van der Waals surface area contributed by atoms with Crippen molar-refractivity contribution < 1.29 is 22.7 Å². The van der Waals surface area contributed by atoms with Gasteiger partial charge in [-0.2, -0.15) is 23.3 Å². The lowest BCUT2D eigenvalue weighted by molar-refractivity contribution is -0.141. The van der Waals surface area contributed by atoms with Crippen LogP contribution in [0, 0.1) is 0 Å². The molecule has 1 unspecified atom stereocenters. The van der Waals surface area contributed by atoms with Crippen molar-refractivity contribution in [1.82, 2.24) is 25.1 Å². The molecule has 0 saturated carbocycles. The highest BCUT2D eigenvalue weighted by Crippen LogP contribution is 2.28. The van der Waals surface area contributed by atoms with Gasteiger partial charge in [0.15, 0.2) is 5.69 Å². The van der Waals surface area contributed by atoms with E-state index in [1.807, 2.05) is 0 Å². The monoisotopic (exact) mass is 369 g/mol. The van der Waals surface area contributed by atoms with Gasteiger partial charge in [-0.3, -0.25) is 9.59 Å². The van der Waals surface area contributed by atoms with Gasteiger partial charge in [-0.25, -0.2) is 10.1 Å². The molecule has 2 aromatic heterocycles. The van der Waals surface area contributed by atoms with Crippen LogP contribution in [0.15, 0.2) is 29.2 Å². The van der Waals surface area contributed by atoms with E-state index in [0.717, 1.165) is 12.3 Å². The Hall–Kier alpha value is -2.98. The molecule has 1 fully saturated rings. The molecule has 0 aliphatic carbocycles. The molecule has 3 heterocycles. The topological polar surface area (TPSA) is 101 Å². The standard InChI is InChI=1S/C15H14F3N5O3/c16-15(17,18)11-5-6-19-14(20-11)26-9-2-1-7-23(8-9)13(25)10-3-4-12(24)22-21-10/h3-6,9H,1-2,7-8H2,(H,22,24). The van der Waals surface area contributed by atoms with Gasteiger partial charge >= 0.3 is 12.2 Å². The maximum Gasteiger partial charge on any atom is 0.433 e. The summed E-state index contributed by atoms with van der Waals surface area (Å²) in [5, 5.41) is 5.86. The van der Waals surface area contributed by atoms with Gasteiger partial charge in [0.1, 0.15) is 11.8 Å². The van der Waals surface area contributed by atoms with Crippen molar-refractivity contribution in [3.05, 3.63) is 46.1 Å². The highest BCUT2D eigenvalue weighted by atomic mass is 19.4. The molecule has 0 aromatic carbocycles. The average Bonchev–Trinajstić information content (AvgIpc) is 2.61. The Morgan fingerprint density at radius 1 is 1.31 bits per heavy atom. The second kappa shape index (κ2) is 7.10. The molecule has 138 valence electrons. The van der Waals surface area contributed by atoms with Gasteiger partial charge in [-0.1, -0.05) is 0 Å². The minimum Gasteiger partial charge on any atom is -0.458 e. The summed E-state index contributed by atoms with van der Waals surface area (Å²) >= 11 is 0. The Kier molecular flexibility index (Phi) is 4.87. The zero-order valence-corrected chi connectivity index (χ0v) is 13.4. The molecular formula is C15H14F3N5O3. The first kappa shape index (κ1) is 17.8. The maximum absolute atomic E-state index is 12.7.